The zero-order chi connectivity index (χ0) is 10.7. The number of hydrogen-bond donors (Lipinski definition) is 1. The maximum absolute atomic E-state index is 3.81. The molecule has 4 unspecified atom stereocenters. The first-order chi connectivity index (χ1) is 7.24. The van der Waals surface area contributed by atoms with Crippen molar-refractivity contribution in [3.63, 3.8) is 0 Å². The van der Waals surface area contributed by atoms with Crippen LogP contribution in [0.5, 0.6) is 0 Å². The molecule has 0 spiro atoms. The van der Waals surface area contributed by atoms with Gasteiger partial charge in [0.1, 0.15) is 0 Å². The molecule has 0 aromatic rings. The average molecular weight is 209 g/mol. The summed E-state index contributed by atoms with van der Waals surface area (Å²) in [4.78, 5) is 0. The summed E-state index contributed by atoms with van der Waals surface area (Å²) < 4.78 is 0. The second kappa shape index (κ2) is 5.34. The largest absolute Gasteiger partial charge is 0.314 e. The Hall–Kier alpha value is -0.0400. The molecule has 2 aliphatic carbocycles. The van der Waals surface area contributed by atoms with E-state index in [1.807, 2.05) is 0 Å². The van der Waals surface area contributed by atoms with Gasteiger partial charge in [-0.05, 0) is 50.0 Å². The molecule has 2 saturated carbocycles. The van der Waals surface area contributed by atoms with Gasteiger partial charge in [0, 0.05) is 6.04 Å². The van der Waals surface area contributed by atoms with Gasteiger partial charge < -0.3 is 5.32 Å². The molecule has 4 atom stereocenters. The lowest BCUT2D eigenvalue weighted by Gasteiger charge is -2.28. The predicted octanol–water partition coefficient (Wildman–Crippen LogP) is 3.59. The summed E-state index contributed by atoms with van der Waals surface area (Å²) in [7, 11) is 0. The van der Waals surface area contributed by atoms with Crippen molar-refractivity contribution in [3.8, 4) is 0 Å². The fourth-order valence-corrected chi connectivity index (χ4v) is 3.46. The van der Waals surface area contributed by atoms with E-state index in [9.17, 15) is 0 Å². The summed E-state index contributed by atoms with van der Waals surface area (Å²) in [6, 6.07) is 0.838. The third-order valence-corrected chi connectivity index (χ3v) is 4.44. The first-order valence-corrected chi connectivity index (χ1v) is 6.97. The molecule has 0 aromatic carbocycles. The average Bonchev–Trinajstić information content (AvgIpc) is 2.62. The zero-order valence-electron chi connectivity index (χ0n) is 10.5. The predicted molar refractivity (Wildman–Crippen MR) is 65.9 cm³/mol. The first kappa shape index (κ1) is 11.4. The standard InChI is InChI=1S/C14H27N/c1-11-4-3-5-14(9-11)15-10-13-7-6-12(2)8-13/h11-15H,3-10H2,1-2H3. The Labute approximate surface area is 95.0 Å². The van der Waals surface area contributed by atoms with Crippen LogP contribution in [-0.4, -0.2) is 12.6 Å². The highest BCUT2D eigenvalue weighted by Gasteiger charge is 2.23. The van der Waals surface area contributed by atoms with Crippen molar-refractivity contribution in [2.45, 2.75) is 64.8 Å². The molecule has 1 heteroatoms. The van der Waals surface area contributed by atoms with E-state index < -0.39 is 0 Å². The molecule has 1 nitrogen and oxygen atoms in total. The molecule has 2 rings (SSSR count). The second-order valence-corrected chi connectivity index (χ2v) is 6.16. The van der Waals surface area contributed by atoms with Gasteiger partial charge in [0.25, 0.3) is 0 Å². The Kier molecular flexibility index (Phi) is 4.07. The van der Waals surface area contributed by atoms with Gasteiger partial charge in [0.2, 0.25) is 0 Å². The van der Waals surface area contributed by atoms with Crippen LogP contribution in [0.25, 0.3) is 0 Å². The van der Waals surface area contributed by atoms with Gasteiger partial charge in [-0.2, -0.15) is 0 Å². The fraction of sp³-hybridized carbons (Fsp3) is 1.00. The molecule has 2 fully saturated rings. The summed E-state index contributed by atoms with van der Waals surface area (Å²) >= 11 is 0. The van der Waals surface area contributed by atoms with Crippen molar-refractivity contribution in [2.75, 3.05) is 6.54 Å². The van der Waals surface area contributed by atoms with Crippen LogP contribution in [-0.2, 0) is 0 Å². The highest BCUT2D eigenvalue weighted by molar-refractivity contribution is 4.79. The SMILES string of the molecule is CC1CCC(CNC2CCCC(C)C2)C1. The Morgan fingerprint density at radius 2 is 1.73 bits per heavy atom. The molecule has 88 valence electrons. The second-order valence-electron chi connectivity index (χ2n) is 6.16. The van der Waals surface area contributed by atoms with E-state index in [-0.39, 0.29) is 0 Å². The van der Waals surface area contributed by atoms with E-state index in [0.29, 0.717) is 0 Å². The number of nitrogens with one attached hydrogen (secondary N) is 1. The molecule has 0 saturated heterocycles. The molecular weight excluding hydrogens is 182 g/mol. The van der Waals surface area contributed by atoms with Crippen LogP contribution in [0, 0.1) is 17.8 Å². The zero-order valence-corrected chi connectivity index (χ0v) is 10.5. The third kappa shape index (κ3) is 3.48. The van der Waals surface area contributed by atoms with Crippen LogP contribution in [0.4, 0.5) is 0 Å². The van der Waals surface area contributed by atoms with Crippen LogP contribution in [0.1, 0.15) is 58.8 Å². The van der Waals surface area contributed by atoms with Crippen molar-refractivity contribution in [1.82, 2.24) is 5.32 Å². The smallest absolute Gasteiger partial charge is 0.00697 e. The molecular formula is C14H27N. The lowest BCUT2D eigenvalue weighted by Crippen LogP contribution is -2.36. The van der Waals surface area contributed by atoms with Gasteiger partial charge in [-0.15, -0.1) is 0 Å². The van der Waals surface area contributed by atoms with Crippen molar-refractivity contribution in [3.05, 3.63) is 0 Å². The van der Waals surface area contributed by atoms with Crippen molar-refractivity contribution in [2.24, 2.45) is 17.8 Å². The summed E-state index contributed by atoms with van der Waals surface area (Å²) in [5.41, 5.74) is 0. The van der Waals surface area contributed by atoms with E-state index in [4.69, 9.17) is 0 Å². The van der Waals surface area contributed by atoms with Crippen LogP contribution in [0.2, 0.25) is 0 Å². The van der Waals surface area contributed by atoms with Crippen LogP contribution in [0.3, 0.4) is 0 Å². The Morgan fingerprint density at radius 3 is 2.40 bits per heavy atom. The van der Waals surface area contributed by atoms with Gasteiger partial charge in [-0.25, -0.2) is 0 Å². The van der Waals surface area contributed by atoms with Gasteiger partial charge in [0.15, 0.2) is 0 Å². The van der Waals surface area contributed by atoms with E-state index >= 15 is 0 Å². The lowest BCUT2D eigenvalue weighted by atomic mass is 9.87. The number of hydrogen-bond acceptors (Lipinski definition) is 1. The molecule has 15 heavy (non-hydrogen) atoms. The molecule has 0 aliphatic heterocycles. The Morgan fingerprint density at radius 1 is 0.933 bits per heavy atom. The van der Waals surface area contributed by atoms with Crippen LogP contribution >= 0.6 is 0 Å². The first-order valence-electron chi connectivity index (χ1n) is 6.97. The molecule has 0 aromatic heterocycles. The van der Waals surface area contributed by atoms with Crippen molar-refractivity contribution in [1.29, 1.82) is 0 Å². The van der Waals surface area contributed by atoms with Gasteiger partial charge in [0.05, 0.1) is 0 Å². The number of rotatable bonds is 3. The highest BCUT2D eigenvalue weighted by atomic mass is 14.9. The molecule has 0 radical (unpaired) electrons. The van der Waals surface area contributed by atoms with E-state index in [1.165, 1.54) is 51.5 Å². The molecule has 0 heterocycles. The summed E-state index contributed by atoms with van der Waals surface area (Å²) in [6.45, 7) is 6.11. The monoisotopic (exact) mass is 209 g/mol. The highest BCUT2D eigenvalue weighted by Crippen LogP contribution is 2.30. The fourth-order valence-electron chi connectivity index (χ4n) is 3.46. The summed E-state index contributed by atoms with van der Waals surface area (Å²) in [5.74, 6) is 2.93. The minimum atomic E-state index is 0.838. The van der Waals surface area contributed by atoms with Gasteiger partial charge in [-0.1, -0.05) is 33.1 Å². The molecule has 0 bridgehead atoms. The van der Waals surface area contributed by atoms with Gasteiger partial charge in [-0.3, -0.25) is 0 Å². The maximum Gasteiger partial charge on any atom is 0.00697 e. The van der Waals surface area contributed by atoms with E-state index in [0.717, 1.165) is 23.8 Å². The minimum absolute atomic E-state index is 0.838. The van der Waals surface area contributed by atoms with Crippen molar-refractivity contribution < 1.29 is 0 Å². The topological polar surface area (TPSA) is 12.0 Å². The van der Waals surface area contributed by atoms with Gasteiger partial charge >= 0.3 is 0 Å². The summed E-state index contributed by atoms with van der Waals surface area (Å²) in [6.07, 6.45) is 10.1. The minimum Gasteiger partial charge on any atom is -0.314 e. The van der Waals surface area contributed by atoms with Crippen LogP contribution in [0.15, 0.2) is 0 Å². The van der Waals surface area contributed by atoms with Crippen LogP contribution < -0.4 is 5.32 Å². The van der Waals surface area contributed by atoms with Crippen molar-refractivity contribution >= 4 is 0 Å². The Balaban J connectivity index is 1.64. The summed E-state index contributed by atoms with van der Waals surface area (Å²) in [5, 5.41) is 3.81. The lowest BCUT2D eigenvalue weighted by molar-refractivity contribution is 0.288. The Bertz CT molecular complexity index is 190. The quantitative estimate of drug-likeness (QED) is 0.749. The van der Waals surface area contributed by atoms with E-state index in [2.05, 4.69) is 19.2 Å². The maximum atomic E-state index is 3.81. The molecule has 1 N–H and O–H groups in total. The third-order valence-electron chi connectivity index (χ3n) is 4.44. The molecule has 2 aliphatic rings. The normalized spacial score (nSPS) is 42.0. The van der Waals surface area contributed by atoms with E-state index in [1.54, 1.807) is 0 Å². The molecule has 0 amide bonds.